The summed E-state index contributed by atoms with van der Waals surface area (Å²) < 4.78 is 44.7. The van der Waals surface area contributed by atoms with Crippen LogP contribution in [-0.4, -0.2) is 39.0 Å². The Bertz CT molecular complexity index is 876. The fourth-order valence-corrected chi connectivity index (χ4v) is 3.76. The van der Waals surface area contributed by atoms with Crippen LogP contribution in [0, 0.1) is 17.7 Å². The van der Waals surface area contributed by atoms with E-state index in [1.165, 1.54) is 16.4 Å². The van der Waals surface area contributed by atoms with Gasteiger partial charge in [0.25, 0.3) is 0 Å². The van der Waals surface area contributed by atoms with Crippen molar-refractivity contribution in [1.82, 2.24) is 4.31 Å². The summed E-state index contributed by atoms with van der Waals surface area (Å²) in [5.41, 5.74) is 1.24. The van der Waals surface area contributed by atoms with E-state index in [9.17, 15) is 12.8 Å². The molecule has 4 nitrogen and oxygen atoms in total. The second-order valence-electron chi connectivity index (χ2n) is 5.30. The van der Waals surface area contributed by atoms with Crippen molar-refractivity contribution in [2.75, 3.05) is 26.3 Å². The molecule has 124 valence electrons. The number of ether oxygens (including phenoxy) is 1. The van der Waals surface area contributed by atoms with E-state index in [0.29, 0.717) is 37.4 Å². The quantitative estimate of drug-likeness (QED) is 0.785. The molecule has 2 aromatic carbocycles. The van der Waals surface area contributed by atoms with Crippen LogP contribution in [0.15, 0.2) is 53.4 Å². The highest BCUT2D eigenvalue weighted by atomic mass is 32.2. The zero-order valence-corrected chi connectivity index (χ0v) is 13.7. The van der Waals surface area contributed by atoms with Gasteiger partial charge in [0.1, 0.15) is 5.82 Å². The number of hydrogen-bond acceptors (Lipinski definition) is 3. The third kappa shape index (κ3) is 3.82. The van der Waals surface area contributed by atoms with Gasteiger partial charge >= 0.3 is 0 Å². The fourth-order valence-electron chi connectivity index (χ4n) is 2.36. The largest absolute Gasteiger partial charge is 0.379 e. The molecule has 0 amide bonds. The Morgan fingerprint density at radius 3 is 2.29 bits per heavy atom. The molecule has 1 saturated heterocycles. The first-order valence-corrected chi connectivity index (χ1v) is 8.95. The molecule has 0 N–H and O–H groups in total. The highest BCUT2D eigenvalue weighted by Gasteiger charge is 2.25. The summed E-state index contributed by atoms with van der Waals surface area (Å²) in [6.07, 6.45) is 0. The number of hydrogen-bond donors (Lipinski definition) is 0. The number of halogens is 1. The van der Waals surface area contributed by atoms with Crippen LogP contribution in [0.5, 0.6) is 0 Å². The molecule has 0 aromatic heterocycles. The van der Waals surface area contributed by atoms with E-state index < -0.39 is 10.0 Å². The predicted molar refractivity (Wildman–Crippen MR) is 88.4 cm³/mol. The van der Waals surface area contributed by atoms with Crippen molar-refractivity contribution in [3.8, 4) is 11.8 Å². The molecule has 6 heteroatoms. The van der Waals surface area contributed by atoms with Crippen LogP contribution in [0.1, 0.15) is 11.1 Å². The van der Waals surface area contributed by atoms with E-state index in [2.05, 4.69) is 11.8 Å². The number of benzene rings is 2. The Kier molecular flexibility index (Phi) is 4.95. The molecule has 0 unspecified atom stereocenters. The second-order valence-corrected chi connectivity index (χ2v) is 7.24. The van der Waals surface area contributed by atoms with E-state index in [0.717, 1.165) is 0 Å². The Morgan fingerprint density at radius 1 is 0.958 bits per heavy atom. The number of morpholine rings is 1. The smallest absolute Gasteiger partial charge is 0.243 e. The maximum Gasteiger partial charge on any atom is 0.243 e. The first kappa shape index (κ1) is 16.7. The lowest BCUT2D eigenvalue weighted by Crippen LogP contribution is -2.40. The maximum absolute atomic E-state index is 13.1. The van der Waals surface area contributed by atoms with E-state index >= 15 is 0 Å². The summed E-state index contributed by atoms with van der Waals surface area (Å²) in [4.78, 5) is 0.237. The standard InChI is InChI=1S/C18H16FNO3S/c19-17-3-1-2-16(14-17)5-4-15-6-8-18(9-7-15)24(21,22)20-10-12-23-13-11-20/h1-3,6-9,14H,10-13H2. The molecular formula is C18H16FNO3S. The lowest BCUT2D eigenvalue weighted by molar-refractivity contribution is 0.0730. The maximum atomic E-state index is 13.1. The van der Waals surface area contributed by atoms with Gasteiger partial charge in [0.05, 0.1) is 18.1 Å². The molecule has 1 fully saturated rings. The average Bonchev–Trinajstić information content (AvgIpc) is 2.61. The van der Waals surface area contributed by atoms with Crippen LogP contribution in [0.2, 0.25) is 0 Å². The van der Waals surface area contributed by atoms with Gasteiger partial charge in [0, 0.05) is 24.2 Å². The Labute approximate surface area is 140 Å². The molecule has 3 rings (SSSR count). The van der Waals surface area contributed by atoms with Crippen LogP contribution >= 0.6 is 0 Å². The molecule has 24 heavy (non-hydrogen) atoms. The van der Waals surface area contributed by atoms with Gasteiger partial charge in [-0.2, -0.15) is 4.31 Å². The van der Waals surface area contributed by atoms with Crippen LogP contribution in [-0.2, 0) is 14.8 Å². The van der Waals surface area contributed by atoms with Gasteiger partial charge in [0.15, 0.2) is 0 Å². The van der Waals surface area contributed by atoms with E-state index in [1.807, 2.05) is 0 Å². The van der Waals surface area contributed by atoms with Crippen LogP contribution in [0.4, 0.5) is 4.39 Å². The zero-order chi connectivity index (χ0) is 17.0. The van der Waals surface area contributed by atoms with Gasteiger partial charge in [-0.1, -0.05) is 17.9 Å². The van der Waals surface area contributed by atoms with Gasteiger partial charge in [0.2, 0.25) is 10.0 Å². The lowest BCUT2D eigenvalue weighted by Gasteiger charge is -2.26. The van der Waals surface area contributed by atoms with Crippen LogP contribution in [0.25, 0.3) is 0 Å². The summed E-state index contributed by atoms with van der Waals surface area (Å²) in [6, 6.07) is 12.4. The second kappa shape index (κ2) is 7.14. The predicted octanol–water partition coefficient (Wildman–Crippen LogP) is 2.25. The first-order valence-electron chi connectivity index (χ1n) is 7.51. The fraction of sp³-hybridized carbons (Fsp3) is 0.222. The third-order valence-electron chi connectivity index (χ3n) is 3.64. The lowest BCUT2D eigenvalue weighted by atomic mass is 10.2. The monoisotopic (exact) mass is 345 g/mol. The molecule has 1 aliphatic rings. The van der Waals surface area contributed by atoms with Crippen molar-refractivity contribution >= 4 is 10.0 Å². The Hall–Kier alpha value is -2.20. The summed E-state index contributed by atoms with van der Waals surface area (Å²) >= 11 is 0. The molecule has 1 aliphatic heterocycles. The van der Waals surface area contributed by atoms with E-state index in [-0.39, 0.29) is 10.7 Å². The summed E-state index contributed by atoms with van der Waals surface area (Å²) in [6.45, 7) is 1.56. The van der Waals surface area contributed by atoms with Crippen molar-refractivity contribution < 1.29 is 17.5 Å². The molecule has 1 heterocycles. The van der Waals surface area contributed by atoms with Crippen molar-refractivity contribution in [3.63, 3.8) is 0 Å². The summed E-state index contributed by atoms with van der Waals surface area (Å²) in [5.74, 6) is 5.42. The minimum atomic E-state index is -3.50. The van der Waals surface area contributed by atoms with Gasteiger partial charge < -0.3 is 4.74 Å². The SMILES string of the molecule is O=S(=O)(c1ccc(C#Cc2cccc(F)c2)cc1)N1CCOCC1. The minimum Gasteiger partial charge on any atom is -0.379 e. The molecule has 0 atom stereocenters. The normalized spacial score (nSPS) is 15.5. The summed E-state index contributed by atoms with van der Waals surface area (Å²) in [7, 11) is -3.50. The van der Waals surface area contributed by atoms with Crippen LogP contribution < -0.4 is 0 Å². The third-order valence-corrected chi connectivity index (χ3v) is 5.55. The molecule has 0 spiro atoms. The molecule has 0 bridgehead atoms. The molecule has 0 radical (unpaired) electrons. The van der Waals surface area contributed by atoms with Crippen molar-refractivity contribution in [2.24, 2.45) is 0 Å². The van der Waals surface area contributed by atoms with Crippen LogP contribution in [0.3, 0.4) is 0 Å². The average molecular weight is 345 g/mol. The van der Waals surface area contributed by atoms with E-state index in [4.69, 9.17) is 4.74 Å². The number of rotatable bonds is 2. The number of nitrogens with zero attached hydrogens (tertiary/aromatic N) is 1. The topological polar surface area (TPSA) is 46.6 Å². The molecule has 2 aromatic rings. The minimum absolute atomic E-state index is 0.237. The Morgan fingerprint density at radius 2 is 1.62 bits per heavy atom. The molecular weight excluding hydrogens is 329 g/mol. The van der Waals surface area contributed by atoms with Gasteiger partial charge in [-0.15, -0.1) is 0 Å². The molecule has 0 aliphatic carbocycles. The summed E-state index contributed by atoms with van der Waals surface area (Å²) in [5, 5.41) is 0. The van der Waals surface area contributed by atoms with Crippen molar-refractivity contribution in [2.45, 2.75) is 4.90 Å². The first-order chi connectivity index (χ1) is 11.6. The Balaban J connectivity index is 1.78. The number of sulfonamides is 1. The van der Waals surface area contributed by atoms with Gasteiger partial charge in [-0.05, 0) is 42.5 Å². The highest BCUT2D eigenvalue weighted by molar-refractivity contribution is 7.89. The highest BCUT2D eigenvalue weighted by Crippen LogP contribution is 2.17. The van der Waals surface area contributed by atoms with E-state index in [1.54, 1.807) is 36.4 Å². The zero-order valence-electron chi connectivity index (χ0n) is 12.9. The van der Waals surface area contributed by atoms with Gasteiger partial charge in [-0.3, -0.25) is 0 Å². The van der Waals surface area contributed by atoms with Gasteiger partial charge in [-0.25, -0.2) is 12.8 Å². The molecule has 0 saturated carbocycles. The van der Waals surface area contributed by atoms with Crippen molar-refractivity contribution in [3.05, 3.63) is 65.5 Å². The van der Waals surface area contributed by atoms with Crippen molar-refractivity contribution in [1.29, 1.82) is 0 Å².